The molecule has 0 saturated heterocycles. The number of hydrogen-bond acceptors (Lipinski definition) is 3. The average Bonchev–Trinajstić information content (AvgIpc) is 2.38. The summed E-state index contributed by atoms with van der Waals surface area (Å²) in [6.45, 7) is 12.2. The van der Waals surface area contributed by atoms with Gasteiger partial charge in [-0.3, -0.25) is 0 Å². The topological polar surface area (TPSA) is 32.5 Å². The lowest BCUT2D eigenvalue weighted by Gasteiger charge is -2.28. The smallest absolute Gasteiger partial charge is 0.0387 e. The van der Waals surface area contributed by atoms with Crippen molar-refractivity contribution in [1.29, 1.82) is 0 Å². The minimum atomic E-state index is 0.844. The van der Waals surface area contributed by atoms with E-state index in [1.54, 1.807) is 0 Å². The van der Waals surface area contributed by atoms with Crippen molar-refractivity contribution in [2.75, 3.05) is 43.4 Å². The summed E-state index contributed by atoms with van der Waals surface area (Å²) in [5.74, 6) is 0. The van der Waals surface area contributed by atoms with Gasteiger partial charge in [-0.2, -0.15) is 0 Å². The molecule has 18 heavy (non-hydrogen) atoms. The Kier molecular flexibility index (Phi) is 6.58. The van der Waals surface area contributed by atoms with E-state index in [0.29, 0.717) is 0 Å². The summed E-state index contributed by atoms with van der Waals surface area (Å²) >= 11 is 0. The summed E-state index contributed by atoms with van der Waals surface area (Å²) in [5.41, 5.74) is 7.95. The second-order valence-corrected chi connectivity index (χ2v) is 4.61. The molecule has 1 aromatic rings. The maximum atomic E-state index is 5.86. The number of likely N-dealkylation sites (N-methyl/N-ethyl adjacent to an activating group) is 1. The van der Waals surface area contributed by atoms with Gasteiger partial charge in [0.25, 0.3) is 0 Å². The molecule has 0 atom stereocenters. The molecule has 1 aromatic carbocycles. The van der Waals surface area contributed by atoms with Crippen molar-refractivity contribution in [3.63, 3.8) is 0 Å². The summed E-state index contributed by atoms with van der Waals surface area (Å²) in [7, 11) is 0. The maximum absolute atomic E-state index is 5.86. The molecule has 0 aliphatic carbocycles. The van der Waals surface area contributed by atoms with Gasteiger partial charge in [0.05, 0.1) is 0 Å². The lowest BCUT2D eigenvalue weighted by atomic mass is 10.2. The van der Waals surface area contributed by atoms with Crippen LogP contribution in [0.4, 0.5) is 11.4 Å². The second kappa shape index (κ2) is 7.98. The molecule has 0 saturated carbocycles. The van der Waals surface area contributed by atoms with Gasteiger partial charge in [-0.1, -0.05) is 26.8 Å². The highest BCUT2D eigenvalue weighted by molar-refractivity contribution is 5.55. The largest absolute Gasteiger partial charge is 0.399 e. The summed E-state index contributed by atoms with van der Waals surface area (Å²) in [5, 5.41) is 0. The van der Waals surface area contributed by atoms with E-state index in [0.717, 1.165) is 44.8 Å². The summed E-state index contributed by atoms with van der Waals surface area (Å²) < 4.78 is 0. The molecule has 0 aliphatic rings. The first kappa shape index (κ1) is 14.8. The normalized spacial score (nSPS) is 10.9. The Morgan fingerprint density at radius 3 is 2.28 bits per heavy atom. The summed E-state index contributed by atoms with van der Waals surface area (Å²) in [6, 6.07) is 8.19. The van der Waals surface area contributed by atoms with Gasteiger partial charge in [0, 0.05) is 31.0 Å². The van der Waals surface area contributed by atoms with Crippen LogP contribution in [0.25, 0.3) is 0 Å². The van der Waals surface area contributed by atoms with Gasteiger partial charge in [-0.25, -0.2) is 0 Å². The van der Waals surface area contributed by atoms with Gasteiger partial charge in [-0.05, 0) is 37.7 Å². The number of nitrogens with two attached hydrogens (primary N) is 1. The molecule has 0 amide bonds. The second-order valence-electron chi connectivity index (χ2n) is 4.61. The molecule has 3 nitrogen and oxygen atoms in total. The molecule has 0 bridgehead atoms. The summed E-state index contributed by atoms with van der Waals surface area (Å²) in [4.78, 5) is 4.88. The third kappa shape index (κ3) is 4.57. The fourth-order valence-electron chi connectivity index (χ4n) is 2.16. The Bertz CT molecular complexity index is 334. The van der Waals surface area contributed by atoms with Crippen molar-refractivity contribution >= 4 is 11.4 Å². The highest BCUT2D eigenvalue weighted by atomic mass is 15.2. The maximum Gasteiger partial charge on any atom is 0.0387 e. The Labute approximate surface area is 112 Å². The van der Waals surface area contributed by atoms with E-state index in [1.165, 1.54) is 5.69 Å². The third-order valence-corrected chi connectivity index (χ3v) is 3.31. The van der Waals surface area contributed by atoms with Crippen LogP contribution in [0.5, 0.6) is 0 Å². The van der Waals surface area contributed by atoms with E-state index < -0.39 is 0 Å². The van der Waals surface area contributed by atoms with E-state index in [-0.39, 0.29) is 0 Å². The predicted octanol–water partition coefficient (Wildman–Crippen LogP) is 2.83. The van der Waals surface area contributed by atoms with E-state index in [4.69, 9.17) is 5.73 Å². The van der Waals surface area contributed by atoms with Gasteiger partial charge >= 0.3 is 0 Å². The Morgan fingerprint density at radius 1 is 1.00 bits per heavy atom. The van der Waals surface area contributed by atoms with Crippen molar-refractivity contribution in [3.8, 4) is 0 Å². The van der Waals surface area contributed by atoms with Crippen LogP contribution in [0.3, 0.4) is 0 Å². The Morgan fingerprint density at radius 2 is 1.72 bits per heavy atom. The standard InChI is InChI=1S/C15H27N3/c1-4-10-18(12-11-17(5-2)6-3)15-9-7-8-14(16)13-15/h7-9,13H,4-6,10-12,16H2,1-3H3. The molecule has 2 N–H and O–H groups in total. The van der Waals surface area contributed by atoms with E-state index in [2.05, 4.69) is 42.7 Å². The number of benzene rings is 1. The van der Waals surface area contributed by atoms with Crippen LogP contribution < -0.4 is 10.6 Å². The summed E-state index contributed by atoms with van der Waals surface area (Å²) in [6.07, 6.45) is 1.16. The number of rotatable bonds is 8. The third-order valence-electron chi connectivity index (χ3n) is 3.31. The highest BCUT2D eigenvalue weighted by Crippen LogP contribution is 2.17. The number of hydrogen-bond donors (Lipinski definition) is 1. The molecule has 0 heterocycles. The number of anilines is 2. The van der Waals surface area contributed by atoms with Crippen molar-refractivity contribution < 1.29 is 0 Å². The van der Waals surface area contributed by atoms with Crippen LogP contribution in [0.2, 0.25) is 0 Å². The SMILES string of the molecule is CCCN(CCN(CC)CC)c1cccc(N)c1. The van der Waals surface area contributed by atoms with Crippen LogP contribution in [-0.4, -0.2) is 37.6 Å². The van der Waals surface area contributed by atoms with Gasteiger partial charge in [0.15, 0.2) is 0 Å². The van der Waals surface area contributed by atoms with Crippen LogP contribution in [0.15, 0.2) is 24.3 Å². The Balaban J connectivity index is 2.64. The lowest BCUT2D eigenvalue weighted by Crippen LogP contribution is -2.35. The molecule has 3 heteroatoms. The molecule has 102 valence electrons. The molecule has 0 aromatic heterocycles. The van der Waals surface area contributed by atoms with Gasteiger partial charge < -0.3 is 15.5 Å². The van der Waals surface area contributed by atoms with E-state index >= 15 is 0 Å². The Hall–Kier alpha value is -1.22. The highest BCUT2D eigenvalue weighted by Gasteiger charge is 2.07. The van der Waals surface area contributed by atoms with Crippen LogP contribution >= 0.6 is 0 Å². The molecule has 1 rings (SSSR count). The quantitative estimate of drug-likeness (QED) is 0.719. The van der Waals surface area contributed by atoms with Crippen LogP contribution in [-0.2, 0) is 0 Å². The molecule has 0 aliphatic heterocycles. The average molecular weight is 249 g/mol. The molecule has 0 spiro atoms. The molecular formula is C15H27N3. The first-order valence-electron chi connectivity index (χ1n) is 7.04. The van der Waals surface area contributed by atoms with Gasteiger partial charge in [-0.15, -0.1) is 0 Å². The molecule has 0 fully saturated rings. The molecule has 0 radical (unpaired) electrons. The molecule has 0 unspecified atom stereocenters. The van der Waals surface area contributed by atoms with Crippen LogP contribution in [0, 0.1) is 0 Å². The number of nitrogen functional groups attached to an aromatic ring is 1. The zero-order valence-corrected chi connectivity index (χ0v) is 12.0. The van der Waals surface area contributed by atoms with Gasteiger partial charge in [0.1, 0.15) is 0 Å². The minimum Gasteiger partial charge on any atom is -0.399 e. The fraction of sp³-hybridized carbons (Fsp3) is 0.600. The first-order valence-corrected chi connectivity index (χ1v) is 7.04. The van der Waals surface area contributed by atoms with Crippen LogP contribution in [0.1, 0.15) is 27.2 Å². The van der Waals surface area contributed by atoms with E-state index in [1.807, 2.05) is 12.1 Å². The van der Waals surface area contributed by atoms with Crippen molar-refractivity contribution in [2.45, 2.75) is 27.2 Å². The van der Waals surface area contributed by atoms with Crippen molar-refractivity contribution in [2.24, 2.45) is 0 Å². The first-order chi connectivity index (χ1) is 8.71. The zero-order chi connectivity index (χ0) is 13.4. The fourth-order valence-corrected chi connectivity index (χ4v) is 2.16. The monoisotopic (exact) mass is 249 g/mol. The van der Waals surface area contributed by atoms with Crippen molar-refractivity contribution in [3.05, 3.63) is 24.3 Å². The zero-order valence-electron chi connectivity index (χ0n) is 12.0. The predicted molar refractivity (Wildman–Crippen MR) is 81.1 cm³/mol. The minimum absolute atomic E-state index is 0.844. The van der Waals surface area contributed by atoms with Gasteiger partial charge in [0.2, 0.25) is 0 Å². The number of nitrogens with zero attached hydrogens (tertiary/aromatic N) is 2. The molecular weight excluding hydrogens is 222 g/mol. The van der Waals surface area contributed by atoms with E-state index in [9.17, 15) is 0 Å². The van der Waals surface area contributed by atoms with Crippen molar-refractivity contribution in [1.82, 2.24) is 4.90 Å². The lowest BCUT2D eigenvalue weighted by molar-refractivity contribution is 0.309.